The van der Waals surface area contributed by atoms with E-state index in [1.165, 1.54) is 5.56 Å². The van der Waals surface area contributed by atoms with Crippen molar-refractivity contribution < 1.29 is 4.79 Å². The predicted molar refractivity (Wildman–Crippen MR) is 115 cm³/mol. The fourth-order valence-electron chi connectivity index (χ4n) is 3.79. The number of carbonyl (C=O) groups is 1. The molecule has 2 aromatic carbocycles. The predicted octanol–water partition coefficient (Wildman–Crippen LogP) is 2.38. The lowest BCUT2D eigenvalue weighted by Gasteiger charge is -2.20. The number of hydrogen-bond donors (Lipinski definition) is 4. The molecule has 0 fully saturated rings. The Morgan fingerprint density at radius 1 is 1.10 bits per heavy atom. The Morgan fingerprint density at radius 2 is 1.97 bits per heavy atom. The van der Waals surface area contributed by atoms with Crippen molar-refractivity contribution in [2.24, 2.45) is 5.73 Å². The molecule has 0 atom stereocenters. The maximum atomic E-state index is 11.7. The molecule has 0 unspecified atom stereocenters. The number of nitrogens with zero attached hydrogens (tertiary/aromatic N) is 3. The molecule has 0 spiro atoms. The maximum Gasteiger partial charge on any atom is 0.250 e. The zero-order valence-corrected chi connectivity index (χ0v) is 16.3. The van der Waals surface area contributed by atoms with Crippen molar-refractivity contribution in [3.05, 3.63) is 70.9 Å². The topological polar surface area (TPSA) is 122 Å². The summed E-state index contributed by atoms with van der Waals surface area (Å²) in [4.78, 5) is 21.4. The second-order valence-electron chi connectivity index (χ2n) is 7.25. The molecule has 30 heavy (non-hydrogen) atoms. The third kappa shape index (κ3) is 3.27. The normalized spacial score (nSPS) is 13.2. The van der Waals surface area contributed by atoms with Gasteiger partial charge in [-0.1, -0.05) is 42.5 Å². The summed E-state index contributed by atoms with van der Waals surface area (Å²) >= 11 is 0. The van der Waals surface area contributed by atoms with Gasteiger partial charge in [-0.15, -0.1) is 0 Å². The number of nitrogens with two attached hydrogens (primary N) is 1. The van der Waals surface area contributed by atoms with Gasteiger partial charge in [-0.25, -0.2) is 9.97 Å². The van der Waals surface area contributed by atoms with E-state index in [-0.39, 0.29) is 0 Å². The SMILES string of the molecule is NC(=O)c1cccc2c(-c3nc4c(c(NCc5ccccc5)n3)CNCC4)[nH]nc12. The number of benzene rings is 2. The van der Waals surface area contributed by atoms with Crippen LogP contribution in [0, 0.1) is 0 Å². The number of rotatable bonds is 5. The number of aromatic nitrogens is 4. The molecule has 0 aliphatic carbocycles. The first-order valence-corrected chi connectivity index (χ1v) is 9.86. The number of aromatic amines is 1. The molecule has 5 N–H and O–H groups in total. The van der Waals surface area contributed by atoms with E-state index in [0.29, 0.717) is 29.1 Å². The molecule has 1 aliphatic rings. The van der Waals surface area contributed by atoms with Gasteiger partial charge >= 0.3 is 0 Å². The monoisotopic (exact) mass is 399 g/mol. The smallest absolute Gasteiger partial charge is 0.250 e. The van der Waals surface area contributed by atoms with E-state index < -0.39 is 5.91 Å². The van der Waals surface area contributed by atoms with Crippen LogP contribution in [0.15, 0.2) is 48.5 Å². The third-order valence-electron chi connectivity index (χ3n) is 5.31. The molecule has 8 nitrogen and oxygen atoms in total. The number of H-pyrrole nitrogens is 1. The highest BCUT2D eigenvalue weighted by Crippen LogP contribution is 2.29. The fourth-order valence-corrected chi connectivity index (χ4v) is 3.79. The number of fused-ring (bicyclic) bond motifs is 2. The van der Waals surface area contributed by atoms with Crippen LogP contribution < -0.4 is 16.4 Å². The van der Waals surface area contributed by atoms with E-state index in [2.05, 4.69) is 33.0 Å². The Kier molecular flexibility index (Phi) is 4.61. The Bertz CT molecular complexity index is 1230. The third-order valence-corrected chi connectivity index (χ3v) is 5.31. The summed E-state index contributed by atoms with van der Waals surface area (Å²) < 4.78 is 0. The van der Waals surface area contributed by atoms with Gasteiger partial charge in [-0.05, 0) is 11.6 Å². The van der Waals surface area contributed by atoms with Gasteiger partial charge in [-0.3, -0.25) is 9.89 Å². The summed E-state index contributed by atoms with van der Waals surface area (Å²) in [6, 6.07) is 15.5. The van der Waals surface area contributed by atoms with E-state index in [1.807, 2.05) is 24.3 Å². The lowest BCUT2D eigenvalue weighted by Crippen LogP contribution is -2.26. The second-order valence-corrected chi connectivity index (χ2v) is 7.25. The largest absolute Gasteiger partial charge is 0.366 e. The van der Waals surface area contributed by atoms with Crippen molar-refractivity contribution >= 4 is 22.6 Å². The molecule has 0 saturated carbocycles. The fraction of sp³-hybridized carbons (Fsp3) is 0.182. The molecule has 0 radical (unpaired) electrons. The summed E-state index contributed by atoms with van der Waals surface area (Å²) in [6.07, 6.45) is 0.823. The second kappa shape index (κ2) is 7.57. The van der Waals surface area contributed by atoms with Crippen molar-refractivity contribution in [3.63, 3.8) is 0 Å². The minimum Gasteiger partial charge on any atom is -0.366 e. The molecule has 2 aromatic heterocycles. The van der Waals surface area contributed by atoms with Crippen molar-refractivity contribution in [3.8, 4) is 11.5 Å². The van der Waals surface area contributed by atoms with Gasteiger partial charge in [0.05, 0.1) is 11.3 Å². The van der Waals surface area contributed by atoms with Gasteiger partial charge < -0.3 is 16.4 Å². The van der Waals surface area contributed by atoms with Gasteiger partial charge in [0.25, 0.3) is 5.91 Å². The number of carbonyl (C=O) groups excluding carboxylic acids is 1. The van der Waals surface area contributed by atoms with Crippen LogP contribution in [0.2, 0.25) is 0 Å². The van der Waals surface area contributed by atoms with Crippen LogP contribution >= 0.6 is 0 Å². The lowest BCUT2D eigenvalue weighted by atomic mass is 10.1. The van der Waals surface area contributed by atoms with Crippen molar-refractivity contribution in [1.82, 2.24) is 25.5 Å². The summed E-state index contributed by atoms with van der Waals surface area (Å²) in [5.41, 5.74) is 10.4. The lowest BCUT2D eigenvalue weighted by molar-refractivity contribution is 0.100. The Hall–Kier alpha value is -3.78. The van der Waals surface area contributed by atoms with Crippen molar-refractivity contribution in [2.75, 3.05) is 11.9 Å². The number of primary amides is 1. The van der Waals surface area contributed by atoms with E-state index in [1.54, 1.807) is 12.1 Å². The quantitative estimate of drug-likeness (QED) is 0.409. The first-order chi connectivity index (χ1) is 14.7. The highest BCUT2D eigenvalue weighted by atomic mass is 16.1. The highest BCUT2D eigenvalue weighted by molar-refractivity contribution is 6.07. The molecule has 4 aromatic rings. The van der Waals surface area contributed by atoms with Crippen LogP contribution in [0.25, 0.3) is 22.4 Å². The average Bonchev–Trinajstić information content (AvgIpc) is 3.22. The van der Waals surface area contributed by atoms with Crippen LogP contribution in [0.1, 0.15) is 27.2 Å². The molecule has 0 saturated heterocycles. The molecule has 0 bridgehead atoms. The van der Waals surface area contributed by atoms with Gasteiger partial charge in [0.2, 0.25) is 0 Å². The molecule has 1 aliphatic heterocycles. The van der Waals surface area contributed by atoms with Crippen LogP contribution in [-0.2, 0) is 19.5 Å². The molecule has 150 valence electrons. The highest BCUT2D eigenvalue weighted by Gasteiger charge is 2.21. The molecular weight excluding hydrogens is 378 g/mol. The number of nitrogens with one attached hydrogen (secondary N) is 3. The summed E-state index contributed by atoms with van der Waals surface area (Å²) in [6.45, 7) is 2.26. The molecule has 3 heterocycles. The van der Waals surface area contributed by atoms with Crippen molar-refractivity contribution in [1.29, 1.82) is 0 Å². The maximum absolute atomic E-state index is 11.7. The average molecular weight is 399 g/mol. The van der Waals surface area contributed by atoms with E-state index in [0.717, 1.165) is 42.0 Å². The molecule has 8 heteroatoms. The molecular formula is C22H21N7O. The van der Waals surface area contributed by atoms with Gasteiger partial charge in [0.1, 0.15) is 17.0 Å². The van der Waals surface area contributed by atoms with Crippen molar-refractivity contribution in [2.45, 2.75) is 19.5 Å². The standard InChI is InChI=1S/C22H21N7O/c23-20(30)15-8-4-7-14-18(15)28-29-19(14)22-26-17-9-10-24-12-16(17)21(27-22)25-11-13-5-2-1-3-6-13/h1-8,24H,9-12H2,(H2,23,30)(H,28,29)(H,25,26,27). The zero-order valence-electron chi connectivity index (χ0n) is 16.3. The first kappa shape index (κ1) is 18.3. The number of para-hydroxylation sites is 1. The number of anilines is 1. The Morgan fingerprint density at radius 3 is 2.80 bits per heavy atom. The number of amides is 1. The Balaban J connectivity index is 1.58. The van der Waals surface area contributed by atoms with Gasteiger partial charge in [-0.2, -0.15) is 5.10 Å². The van der Waals surface area contributed by atoms with Crippen LogP contribution in [0.3, 0.4) is 0 Å². The summed E-state index contributed by atoms with van der Waals surface area (Å²) in [5, 5.41) is 15.0. The number of hydrogen-bond acceptors (Lipinski definition) is 6. The molecule has 1 amide bonds. The Labute approximate surface area is 172 Å². The van der Waals surface area contributed by atoms with Gasteiger partial charge in [0, 0.05) is 37.0 Å². The van der Waals surface area contributed by atoms with E-state index in [4.69, 9.17) is 15.7 Å². The van der Waals surface area contributed by atoms with Crippen LogP contribution in [-0.4, -0.2) is 32.6 Å². The molecule has 5 rings (SSSR count). The zero-order chi connectivity index (χ0) is 20.5. The first-order valence-electron chi connectivity index (χ1n) is 9.86. The summed E-state index contributed by atoms with van der Waals surface area (Å²) in [7, 11) is 0. The van der Waals surface area contributed by atoms with Crippen LogP contribution in [0.4, 0.5) is 5.82 Å². The van der Waals surface area contributed by atoms with E-state index in [9.17, 15) is 4.79 Å². The minimum atomic E-state index is -0.513. The van der Waals surface area contributed by atoms with E-state index >= 15 is 0 Å². The minimum absolute atomic E-state index is 0.375. The summed E-state index contributed by atoms with van der Waals surface area (Å²) in [5.74, 6) is 0.844. The van der Waals surface area contributed by atoms with Gasteiger partial charge in [0.15, 0.2) is 5.82 Å². The van der Waals surface area contributed by atoms with Crippen LogP contribution in [0.5, 0.6) is 0 Å².